The van der Waals surface area contributed by atoms with Gasteiger partial charge in [0.25, 0.3) is 6.43 Å². The monoisotopic (exact) mass is 309 g/mol. The summed E-state index contributed by atoms with van der Waals surface area (Å²) in [5.74, 6) is 0. The maximum Gasteiger partial charge on any atom is 0.280 e. The number of halogens is 3. The summed E-state index contributed by atoms with van der Waals surface area (Å²) < 4.78 is 24.9. The van der Waals surface area contributed by atoms with Gasteiger partial charge in [0.1, 0.15) is 9.39 Å². The molecule has 0 saturated heterocycles. The molecule has 0 aromatic carbocycles. The molecule has 0 unspecified atom stereocenters. The van der Waals surface area contributed by atoms with E-state index in [1.54, 1.807) is 22.6 Å². The molecule has 0 spiro atoms. The maximum absolute atomic E-state index is 12.3. The largest absolute Gasteiger partial charge is 0.396 e. The number of nitriles is 1. The van der Waals surface area contributed by atoms with E-state index in [4.69, 9.17) is 11.0 Å². The normalized spacial score (nSPS) is 10.2. The second-order valence-electron chi connectivity index (χ2n) is 2.55. The fourth-order valence-electron chi connectivity index (χ4n) is 0.938. The van der Waals surface area contributed by atoms with Gasteiger partial charge in [-0.05, 0) is 34.2 Å². The molecule has 0 atom stereocenters. The van der Waals surface area contributed by atoms with Crippen molar-refractivity contribution in [1.29, 1.82) is 5.26 Å². The molecule has 14 heavy (non-hydrogen) atoms. The van der Waals surface area contributed by atoms with Crippen molar-refractivity contribution < 1.29 is 8.78 Å². The summed E-state index contributed by atoms with van der Waals surface area (Å²) in [5.41, 5.74) is 5.94. The number of hydrogen-bond acceptors (Lipinski definition) is 3. The molecule has 0 aliphatic rings. The van der Waals surface area contributed by atoms with E-state index in [0.717, 1.165) is 0 Å². The predicted molar refractivity (Wildman–Crippen MR) is 55.6 cm³/mol. The predicted octanol–water partition coefficient (Wildman–Crippen LogP) is 2.27. The van der Waals surface area contributed by atoms with Gasteiger partial charge in [-0.2, -0.15) is 5.26 Å². The first-order valence-corrected chi connectivity index (χ1v) is 4.74. The fraction of sp³-hybridized carbons (Fsp3) is 0.250. The number of pyridine rings is 1. The van der Waals surface area contributed by atoms with Crippen LogP contribution in [-0.2, 0) is 6.42 Å². The molecule has 0 aliphatic carbocycles. The molecular weight excluding hydrogens is 303 g/mol. The Morgan fingerprint density at radius 3 is 2.79 bits per heavy atom. The van der Waals surface area contributed by atoms with Crippen LogP contribution < -0.4 is 5.73 Å². The standard InChI is InChI=1S/C8H6F2IN3/c9-7(10)5-3-4(1-2-12)6(13)8(11)14-5/h3,7H,1,13H2. The lowest BCUT2D eigenvalue weighted by Gasteiger charge is -2.06. The van der Waals surface area contributed by atoms with E-state index in [0.29, 0.717) is 15.0 Å². The van der Waals surface area contributed by atoms with Crippen molar-refractivity contribution in [2.75, 3.05) is 5.73 Å². The first-order valence-electron chi connectivity index (χ1n) is 3.66. The number of anilines is 1. The number of nitrogen functional groups attached to an aromatic ring is 1. The van der Waals surface area contributed by atoms with E-state index in [9.17, 15) is 8.78 Å². The minimum atomic E-state index is -2.64. The molecule has 2 N–H and O–H groups in total. The molecule has 1 aromatic rings. The van der Waals surface area contributed by atoms with Gasteiger partial charge >= 0.3 is 0 Å². The third kappa shape index (κ3) is 2.29. The number of aromatic nitrogens is 1. The molecule has 1 aromatic heterocycles. The Balaban J connectivity index is 3.22. The zero-order chi connectivity index (χ0) is 10.7. The Labute approximate surface area is 93.1 Å². The van der Waals surface area contributed by atoms with Crippen molar-refractivity contribution in [1.82, 2.24) is 4.98 Å². The Bertz CT molecular complexity index is 387. The first kappa shape index (κ1) is 11.1. The molecule has 0 radical (unpaired) electrons. The molecule has 74 valence electrons. The molecule has 0 amide bonds. The lowest BCUT2D eigenvalue weighted by molar-refractivity contribution is 0.146. The smallest absolute Gasteiger partial charge is 0.280 e. The van der Waals surface area contributed by atoms with Crippen molar-refractivity contribution >= 4 is 28.3 Å². The van der Waals surface area contributed by atoms with Gasteiger partial charge in [0.15, 0.2) is 0 Å². The molecule has 1 rings (SSSR count). The number of nitrogens with zero attached hydrogens (tertiary/aromatic N) is 2. The van der Waals surface area contributed by atoms with Crippen LogP contribution in [0.1, 0.15) is 17.7 Å². The van der Waals surface area contributed by atoms with Gasteiger partial charge in [0.2, 0.25) is 0 Å². The highest BCUT2D eigenvalue weighted by atomic mass is 127. The van der Waals surface area contributed by atoms with Crippen molar-refractivity contribution in [3.05, 3.63) is 21.0 Å². The fourth-order valence-corrected chi connectivity index (χ4v) is 1.56. The topological polar surface area (TPSA) is 62.7 Å². The average molecular weight is 309 g/mol. The number of nitrogens with two attached hydrogens (primary N) is 1. The zero-order valence-electron chi connectivity index (χ0n) is 6.97. The van der Waals surface area contributed by atoms with Crippen LogP contribution in [0, 0.1) is 15.0 Å². The van der Waals surface area contributed by atoms with Crippen LogP contribution >= 0.6 is 22.6 Å². The highest BCUT2D eigenvalue weighted by molar-refractivity contribution is 14.1. The maximum atomic E-state index is 12.3. The third-order valence-corrected chi connectivity index (χ3v) is 2.43. The van der Waals surface area contributed by atoms with Crippen molar-refractivity contribution in [2.45, 2.75) is 12.8 Å². The third-order valence-electron chi connectivity index (χ3n) is 1.61. The highest BCUT2D eigenvalue weighted by Crippen LogP contribution is 2.24. The number of hydrogen-bond donors (Lipinski definition) is 1. The van der Waals surface area contributed by atoms with Gasteiger partial charge in [0.05, 0.1) is 18.2 Å². The molecule has 0 saturated carbocycles. The van der Waals surface area contributed by atoms with E-state index in [1.807, 2.05) is 6.07 Å². The lowest BCUT2D eigenvalue weighted by Crippen LogP contribution is -2.03. The van der Waals surface area contributed by atoms with Gasteiger partial charge in [-0.25, -0.2) is 13.8 Å². The molecular formula is C8H6F2IN3. The van der Waals surface area contributed by atoms with Crippen LogP contribution in [0.25, 0.3) is 0 Å². The quantitative estimate of drug-likeness (QED) is 0.673. The summed E-state index contributed by atoms with van der Waals surface area (Å²) in [6.07, 6.45) is -2.62. The molecule has 0 aliphatic heterocycles. The van der Waals surface area contributed by atoms with Gasteiger partial charge in [-0.1, -0.05) is 0 Å². The van der Waals surface area contributed by atoms with Crippen LogP contribution in [0.2, 0.25) is 0 Å². The summed E-state index contributed by atoms with van der Waals surface area (Å²) in [4.78, 5) is 3.62. The van der Waals surface area contributed by atoms with Gasteiger partial charge in [-0.15, -0.1) is 0 Å². The molecule has 3 nitrogen and oxygen atoms in total. The molecule has 6 heteroatoms. The lowest BCUT2D eigenvalue weighted by atomic mass is 10.1. The average Bonchev–Trinajstić information content (AvgIpc) is 2.12. The van der Waals surface area contributed by atoms with Crippen molar-refractivity contribution in [3.8, 4) is 6.07 Å². The number of rotatable bonds is 2. The van der Waals surface area contributed by atoms with Crippen LogP contribution in [0.4, 0.5) is 14.5 Å². The Morgan fingerprint density at radius 2 is 2.29 bits per heavy atom. The Kier molecular flexibility index (Phi) is 3.57. The van der Waals surface area contributed by atoms with E-state index < -0.39 is 6.43 Å². The van der Waals surface area contributed by atoms with Gasteiger partial charge in [0, 0.05) is 0 Å². The van der Waals surface area contributed by atoms with Crippen LogP contribution in [0.3, 0.4) is 0 Å². The summed E-state index contributed by atoms with van der Waals surface area (Å²) in [6, 6.07) is 3.03. The minimum Gasteiger partial charge on any atom is -0.396 e. The van der Waals surface area contributed by atoms with E-state index in [1.165, 1.54) is 6.07 Å². The van der Waals surface area contributed by atoms with E-state index >= 15 is 0 Å². The summed E-state index contributed by atoms with van der Waals surface area (Å²) in [5, 5.41) is 8.45. The van der Waals surface area contributed by atoms with Crippen LogP contribution in [-0.4, -0.2) is 4.98 Å². The summed E-state index contributed by atoms with van der Waals surface area (Å²) >= 11 is 1.77. The second-order valence-corrected chi connectivity index (χ2v) is 3.57. The van der Waals surface area contributed by atoms with Gasteiger partial charge < -0.3 is 5.73 Å². The zero-order valence-corrected chi connectivity index (χ0v) is 9.12. The molecule has 1 heterocycles. The van der Waals surface area contributed by atoms with E-state index in [2.05, 4.69) is 4.98 Å². The summed E-state index contributed by atoms with van der Waals surface area (Å²) in [7, 11) is 0. The molecule has 0 bridgehead atoms. The first-order chi connectivity index (χ1) is 6.56. The molecule has 0 fully saturated rings. The SMILES string of the molecule is N#CCc1cc(C(F)F)nc(I)c1N. The highest BCUT2D eigenvalue weighted by Gasteiger charge is 2.14. The van der Waals surface area contributed by atoms with Crippen LogP contribution in [0.15, 0.2) is 6.07 Å². The van der Waals surface area contributed by atoms with Crippen LogP contribution in [0.5, 0.6) is 0 Å². The van der Waals surface area contributed by atoms with Crippen molar-refractivity contribution in [2.24, 2.45) is 0 Å². The second kappa shape index (κ2) is 4.50. The van der Waals surface area contributed by atoms with Gasteiger partial charge in [-0.3, -0.25) is 0 Å². The minimum absolute atomic E-state index is 0.0179. The van der Waals surface area contributed by atoms with E-state index in [-0.39, 0.29) is 12.1 Å². The van der Waals surface area contributed by atoms with Crippen molar-refractivity contribution in [3.63, 3.8) is 0 Å². The number of alkyl halides is 2. The Morgan fingerprint density at radius 1 is 1.64 bits per heavy atom. The summed E-state index contributed by atoms with van der Waals surface area (Å²) in [6.45, 7) is 0. The Hall–Kier alpha value is -0.970.